The van der Waals surface area contributed by atoms with Gasteiger partial charge in [0.1, 0.15) is 5.75 Å². The number of aliphatic carboxylic acids is 1. The second-order valence-corrected chi connectivity index (χ2v) is 8.64. The number of carboxylic acid groups (broad SMARTS) is 1. The summed E-state index contributed by atoms with van der Waals surface area (Å²) in [5, 5.41) is 10.2. The van der Waals surface area contributed by atoms with Crippen molar-refractivity contribution >= 4 is 29.2 Å². The molecule has 1 N–H and O–H groups in total. The summed E-state index contributed by atoms with van der Waals surface area (Å²) in [6.45, 7) is 0.373. The highest BCUT2D eigenvalue weighted by atomic mass is 35.5. The molecule has 2 atom stereocenters. The Bertz CT molecular complexity index is 1210. The molecular weight excluding hydrogens is 450 g/mol. The molecule has 0 spiro atoms. The van der Waals surface area contributed by atoms with Gasteiger partial charge in [0.05, 0.1) is 19.4 Å². The van der Waals surface area contributed by atoms with Crippen molar-refractivity contribution < 1.29 is 19.4 Å². The van der Waals surface area contributed by atoms with E-state index in [0.29, 0.717) is 23.7 Å². The van der Waals surface area contributed by atoms with Crippen LogP contribution in [0.15, 0.2) is 84.9 Å². The molecular formula is C28H26ClNO4. The van der Waals surface area contributed by atoms with E-state index in [4.69, 9.17) is 16.3 Å². The molecule has 3 aromatic rings. The van der Waals surface area contributed by atoms with Crippen molar-refractivity contribution in [3.63, 3.8) is 0 Å². The number of amides is 1. The van der Waals surface area contributed by atoms with Gasteiger partial charge < -0.3 is 14.7 Å². The molecule has 1 heterocycles. The number of benzene rings is 3. The minimum atomic E-state index is -1.01. The van der Waals surface area contributed by atoms with E-state index >= 15 is 0 Å². The molecule has 6 heteroatoms. The number of carbonyl (C=O) groups is 2. The summed E-state index contributed by atoms with van der Waals surface area (Å²) in [6.07, 6.45) is 4.24. The normalized spacial score (nSPS) is 19.2. The van der Waals surface area contributed by atoms with Gasteiger partial charge in [0.25, 0.3) is 0 Å². The number of para-hydroxylation sites is 1. The Morgan fingerprint density at radius 2 is 1.74 bits per heavy atom. The van der Waals surface area contributed by atoms with Crippen LogP contribution < -0.4 is 9.64 Å². The maximum Gasteiger partial charge on any atom is 0.304 e. The van der Waals surface area contributed by atoms with Crippen molar-refractivity contribution in [1.82, 2.24) is 0 Å². The van der Waals surface area contributed by atoms with E-state index in [1.165, 1.54) is 0 Å². The molecule has 0 radical (unpaired) electrons. The predicted octanol–water partition coefficient (Wildman–Crippen LogP) is 6.18. The third-order valence-corrected chi connectivity index (χ3v) is 6.55. The maximum absolute atomic E-state index is 13.8. The SMILES string of the molecule is COc1ccccc1-c1ccc(N2C/C=C\CC(c3ccccc3Cl)[C@H](CC(=O)O)C2=O)cc1. The van der Waals surface area contributed by atoms with Gasteiger partial charge in [0.15, 0.2) is 0 Å². The lowest BCUT2D eigenvalue weighted by atomic mass is 9.79. The van der Waals surface area contributed by atoms with Crippen molar-refractivity contribution in [3.8, 4) is 16.9 Å². The Hall–Kier alpha value is -3.57. The van der Waals surface area contributed by atoms with E-state index < -0.39 is 11.9 Å². The second kappa shape index (κ2) is 10.6. The zero-order chi connectivity index (χ0) is 24.1. The standard InChI is InChI=1S/C28H26ClNO4/c1-34-26-12-5-3-8-21(26)19-13-15-20(16-14-19)30-17-7-6-9-22(23-10-2-4-11-25(23)29)24(28(30)33)18-27(31)32/h2-8,10-16,22,24H,9,17-18H2,1H3,(H,31,32)/b7-6-/t22?,24-/m0/s1. The number of anilines is 1. The molecule has 1 aliphatic heterocycles. The molecule has 0 aromatic heterocycles. The number of allylic oxidation sites excluding steroid dienone is 1. The van der Waals surface area contributed by atoms with Crippen LogP contribution in [0.3, 0.4) is 0 Å². The van der Waals surface area contributed by atoms with Crippen LogP contribution in [-0.2, 0) is 9.59 Å². The lowest BCUT2D eigenvalue weighted by molar-refractivity contribution is -0.141. The number of methoxy groups -OCH3 is 1. The van der Waals surface area contributed by atoms with Crippen LogP contribution in [0.4, 0.5) is 5.69 Å². The first-order chi connectivity index (χ1) is 16.5. The van der Waals surface area contributed by atoms with Crippen LogP contribution in [0, 0.1) is 5.92 Å². The molecule has 0 saturated heterocycles. The maximum atomic E-state index is 13.8. The van der Waals surface area contributed by atoms with Gasteiger partial charge >= 0.3 is 5.97 Å². The zero-order valence-electron chi connectivity index (χ0n) is 18.9. The quantitative estimate of drug-likeness (QED) is 0.432. The van der Waals surface area contributed by atoms with Crippen LogP contribution in [0.2, 0.25) is 5.02 Å². The number of hydrogen-bond donors (Lipinski definition) is 1. The van der Waals surface area contributed by atoms with Crippen molar-refractivity contribution in [2.45, 2.75) is 18.8 Å². The Kier molecular flexibility index (Phi) is 7.33. The van der Waals surface area contributed by atoms with Gasteiger partial charge in [-0.15, -0.1) is 0 Å². The lowest BCUT2D eigenvalue weighted by Gasteiger charge is -2.33. The largest absolute Gasteiger partial charge is 0.496 e. The summed E-state index contributed by atoms with van der Waals surface area (Å²) in [5.41, 5.74) is 3.43. The lowest BCUT2D eigenvalue weighted by Crippen LogP contribution is -2.41. The van der Waals surface area contributed by atoms with E-state index in [2.05, 4.69) is 0 Å². The number of carbonyl (C=O) groups excluding carboxylic acids is 1. The van der Waals surface area contributed by atoms with E-state index in [1.807, 2.05) is 78.9 Å². The summed E-state index contributed by atoms with van der Waals surface area (Å²) >= 11 is 6.45. The summed E-state index contributed by atoms with van der Waals surface area (Å²) in [7, 11) is 1.64. The fourth-order valence-corrected chi connectivity index (χ4v) is 4.80. The Morgan fingerprint density at radius 3 is 2.44 bits per heavy atom. The Labute approximate surface area is 204 Å². The first kappa shape index (κ1) is 23.6. The fraction of sp³-hybridized carbons (Fsp3) is 0.214. The molecule has 1 unspecified atom stereocenters. The second-order valence-electron chi connectivity index (χ2n) is 8.24. The zero-order valence-corrected chi connectivity index (χ0v) is 19.6. The van der Waals surface area contributed by atoms with Crippen LogP contribution in [0.25, 0.3) is 11.1 Å². The first-order valence-corrected chi connectivity index (χ1v) is 11.5. The summed E-state index contributed by atoms with van der Waals surface area (Å²) < 4.78 is 5.47. The number of nitrogens with zero attached hydrogens (tertiary/aromatic N) is 1. The van der Waals surface area contributed by atoms with E-state index in [-0.39, 0.29) is 18.2 Å². The molecule has 0 saturated carbocycles. The summed E-state index contributed by atoms with van der Waals surface area (Å²) in [5.74, 6) is -1.53. The molecule has 34 heavy (non-hydrogen) atoms. The highest BCUT2D eigenvalue weighted by Crippen LogP contribution is 2.38. The monoisotopic (exact) mass is 475 g/mol. The summed E-state index contributed by atoms with van der Waals surface area (Å²) in [6, 6.07) is 22.7. The third kappa shape index (κ3) is 5.00. The van der Waals surface area contributed by atoms with Gasteiger partial charge in [-0.2, -0.15) is 0 Å². The molecule has 0 fully saturated rings. The molecule has 0 bridgehead atoms. The van der Waals surface area contributed by atoms with Gasteiger partial charge in [-0.3, -0.25) is 9.59 Å². The number of carboxylic acids is 1. The Morgan fingerprint density at radius 1 is 1.03 bits per heavy atom. The average Bonchev–Trinajstić information content (AvgIpc) is 2.85. The average molecular weight is 476 g/mol. The number of ether oxygens (including phenoxy) is 1. The molecule has 174 valence electrons. The predicted molar refractivity (Wildman–Crippen MR) is 134 cm³/mol. The van der Waals surface area contributed by atoms with Crippen LogP contribution in [-0.4, -0.2) is 30.6 Å². The molecule has 1 aliphatic rings. The van der Waals surface area contributed by atoms with Gasteiger partial charge in [0, 0.05) is 28.7 Å². The first-order valence-electron chi connectivity index (χ1n) is 11.2. The van der Waals surface area contributed by atoms with Gasteiger partial charge in [-0.1, -0.05) is 72.3 Å². The Balaban J connectivity index is 1.69. The smallest absolute Gasteiger partial charge is 0.304 e. The van der Waals surface area contributed by atoms with Gasteiger partial charge in [0.2, 0.25) is 5.91 Å². The van der Waals surface area contributed by atoms with Gasteiger partial charge in [-0.05, 0) is 41.8 Å². The van der Waals surface area contributed by atoms with Crippen LogP contribution in [0.5, 0.6) is 5.75 Å². The van der Waals surface area contributed by atoms with Crippen LogP contribution in [0.1, 0.15) is 24.3 Å². The van der Waals surface area contributed by atoms with E-state index in [1.54, 1.807) is 18.1 Å². The highest BCUT2D eigenvalue weighted by molar-refractivity contribution is 6.31. The summed E-state index contributed by atoms with van der Waals surface area (Å²) in [4.78, 5) is 27.1. The number of halogens is 1. The van der Waals surface area contributed by atoms with E-state index in [9.17, 15) is 14.7 Å². The molecule has 1 amide bonds. The third-order valence-electron chi connectivity index (χ3n) is 6.21. The number of rotatable bonds is 6. The number of hydrogen-bond acceptors (Lipinski definition) is 3. The van der Waals surface area contributed by atoms with E-state index in [0.717, 1.165) is 22.4 Å². The van der Waals surface area contributed by atoms with Crippen molar-refractivity contribution in [2.75, 3.05) is 18.6 Å². The molecule has 0 aliphatic carbocycles. The van der Waals surface area contributed by atoms with Crippen molar-refractivity contribution in [3.05, 3.63) is 95.5 Å². The highest BCUT2D eigenvalue weighted by Gasteiger charge is 2.36. The minimum absolute atomic E-state index is 0.221. The van der Waals surface area contributed by atoms with Crippen LogP contribution >= 0.6 is 11.6 Å². The van der Waals surface area contributed by atoms with Gasteiger partial charge in [-0.25, -0.2) is 0 Å². The molecule has 5 nitrogen and oxygen atoms in total. The van der Waals surface area contributed by atoms with Crippen molar-refractivity contribution in [2.24, 2.45) is 5.92 Å². The minimum Gasteiger partial charge on any atom is -0.496 e. The van der Waals surface area contributed by atoms with Crippen molar-refractivity contribution in [1.29, 1.82) is 0 Å². The molecule has 4 rings (SSSR count). The topological polar surface area (TPSA) is 66.8 Å². The fourth-order valence-electron chi connectivity index (χ4n) is 4.52. The molecule has 3 aromatic carbocycles.